The first-order valence-electron chi connectivity index (χ1n) is 13.2. The molecule has 2 fully saturated rings. The molecule has 6 heteroatoms. The van der Waals surface area contributed by atoms with Crippen LogP contribution in [-0.2, 0) is 14.3 Å². The molecule has 1 saturated heterocycles. The lowest BCUT2D eigenvalue weighted by molar-refractivity contribution is -0.148. The molecule has 0 aromatic carbocycles. The Bertz CT molecular complexity index is 846. The molecule has 3 aliphatic rings. The number of rotatable bonds is 10. The lowest BCUT2D eigenvalue weighted by Crippen LogP contribution is -2.53. The first-order valence-corrected chi connectivity index (χ1v) is 13.2. The molecule has 0 unspecified atom stereocenters. The summed E-state index contributed by atoms with van der Waals surface area (Å²) in [5.41, 5.74) is 2.64. The van der Waals surface area contributed by atoms with Crippen molar-refractivity contribution in [1.82, 2.24) is 5.32 Å². The van der Waals surface area contributed by atoms with Crippen LogP contribution in [0.4, 0.5) is 0 Å². The summed E-state index contributed by atoms with van der Waals surface area (Å²) in [4.78, 5) is 11.1. The Labute approximate surface area is 211 Å². The van der Waals surface area contributed by atoms with Crippen molar-refractivity contribution >= 4 is 5.97 Å². The second kappa shape index (κ2) is 12.5. The second-order valence-electron chi connectivity index (χ2n) is 10.7. The molecule has 35 heavy (non-hydrogen) atoms. The zero-order valence-electron chi connectivity index (χ0n) is 22.2. The molecule has 0 aromatic rings. The molecule has 0 bridgehead atoms. The predicted octanol–water partition coefficient (Wildman–Crippen LogP) is 4.66. The van der Waals surface area contributed by atoms with Crippen molar-refractivity contribution in [3.05, 3.63) is 47.6 Å². The lowest BCUT2D eigenvalue weighted by atomic mass is 9.93. The largest absolute Gasteiger partial charge is 0.481 e. The molecule has 1 saturated carbocycles. The molecule has 0 radical (unpaired) electrons. The molecule has 1 aliphatic carbocycles. The summed E-state index contributed by atoms with van der Waals surface area (Å²) < 4.78 is 12.2. The third-order valence-corrected chi connectivity index (χ3v) is 7.96. The van der Waals surface area contributed by atoms with Crippen LogP contribution in [-0.4, -0.2) is 59.8 Å². The molecule has 2 aliphatic heterocycles. The summed E-state index contributed by atoms with van der Waals surface area (Å²) in [7, 11) is 1.79. The molecule has 0 spiro atoms. The number of nitrogens with one attached hydrogen (secondary N) is 1. The van der Waals surface area contributed by atoms with Crippen LogP contribution in [0.25, 0.3) is 0 Å². The van der Waals surface area contributed by atoms with E-state index >= 15 is 0 Å². The first kappa shape index (κ1) is 27.9. The van der Waals surface area contributed by atoms with E-state index < -0.39 is 24.3 Å². The Morgan fingerprint density at radius 2 is 1.97 bits per heavy atom. The maximum absolute atomic E-state index is 11.1. The topological polar surface area (TPSA) is 88.0 Å². The van der Waals surface area contributed by atoms with E-state index in [1.54, 1.807) is 7.05 Å². The van der Waals surface area contributed by atoms with E-state index in [9.17, 15) is 9.90 Å². The molecule has 0 aromatic heterocycles. The predicted molar refractivity (Wildman–Crippen MR) is 139 cm³/mol. The molecule has 2 heterocycles. The molecule has 10 atom stereocenters. The number of aliphatic carboxylic acids is 1. The van der Waals surface area contributed by atoms with Gasteiger partial charge in [0.2, 0.25) is 0 Å². The monoisotopic (exact) mass is 487 g/mol. The van der Waals surface area contributed by atoms with Gasteiger partial charge in [-0.3, -0.25) is 4.79 Å². The van der Waals surface area contributed by atoms with Crippen molar-refractivity contribution < 1.29 is 24.5 Å². The molecule has 3 rings (SSSR count). The minimum atomic E-state index is -0.879. The standard InChI is InChI=1S/C29H45NO5/c1-7-25-18(3)9-12-26(35-25)19(4)14-17(2)8-10-22-20(5)23(22)11-13-27-29(33)24(30-6)15-21(34-27)16-28(31)32/h8-11,13-14,17,20-27,29-30,33H,7,12,15-16H2,1-6H3,(H,31,32)/b10-8+,13-11+,19-14+/t17-,20-,21+,22+,23-,24+,25-,26-,27+,29-/m1/s1. The van der Waals surface area contributed by atoms with Gasteiger partial charge in [-0.05, 0) is 75.0 Å². The highest BCUT2D eigenvalue weighted by molar-refractivity contribution is 5.67. The van der Waals surface area contributed by atoms with E-state index in [0.717, 1.165) is 12.8 Å². The molecule has 196 valence electrons. The van der Waals surface area contributed by atoms with Crippen LogP contribution in [0.1, 0.15) is 60.3 Å². The van der Waals surface area contributed by atoms with Crippen LogP contribution in [0.5, 0.6) is 0 Å². The van der Waals surface area contributed by atoms with Gasteiger partial charge in [0.05, 0.1) is 30.8 Å². The van der Waals surface area contributed by atoms with Crippen LogP contribution < -0.4 is 5.32 Å². The van der Waals surface area contributed by atoms with Gasteiger partial charge in [-0.1, -0.05) is 57.2 Å². The Hall–Kier alpha value is -1.73. The number of ether oxygens (including phenoxy) is 2. The highest BCUT2D eigenvalue weighted by atomic mass is 16.5. The fourth-order valence-corrected chi connectivity index (χ4v) is 5.53. The van der Waals surface area contributed by atoms with Crippen LogP contribution in [0, 0.1) is 23.7 Å². The summed E-state index contributed by atoms with van der Waals surface area (Å²) in [6.07, 6.45) is 14.5. The smallest absolute Gasteiger partial charge is 0.305 e. The number of likely N-dealkylation sites (N-methyl/N-ethyl adjacent to an activating group) is 1. The van der Waals surface area contributed by atoms with Gasteiger partial charge in [0.1, 0.15) is 6.10 Å². The van der Waals surface area contributed by atoms with Gasteiger partial charge in [-0.25, -0.2) is 0 Å². The molecule has 0 amide bonds. The quantitative estimate of drug-likeness (QED) is 0.389. The number of carboxylic acids is 1. The van der Waals surface area contributed by atoms with Crippen molar-refractivity contribution in [2.45, 2.75) is 96.9 Å². The van der Waals surface area contributed by atoms with E-state index in [2.05, 4.69) is 70.3 Å². The number of hydrogen-bond donors (Lipinski definition) is 3. The SMILES string of the molecule is CC[C@H]1O[C@@H](/C(C)=C/[C@H](C)/C=C/[C@H]2[C@@H](C)[C@H]2/C=C/[C@@H]2O[C@H](CC(=O)O)C[C@H](NC)[C@H]2O)CC=C1C. The fraction of sp³-hybridized carbons (Fsp3) is 0.690. The van der Waals surface area contributed by atoms with E-state index in [1.807, 2.05) is 6.08 Å². The van der Waals surface area contributed by atoms with E-state index in [-0.39, 0.29) is 24.7 Å². The van der Waals surface area contributed by atoms with Crippen LogP contribution in [0.15, 0.2) is 47.6 Å². The Balaban J connectivity index is 1.54. The average Bonchev–Trinajstić information content (AvgIpc) is 3.44. The van der Waals surface area contributed by atoms with E-state index in [1.165, 1.54) is 11.1 Å². The van der Waals surface area contributed by atoms with Crippen molar-refractivity contribution in [3.63, 3.8) is 0 Å². The Morgan fingerprint density at radius 1 is 1.26 bits per heavy atom. The highest BCUT2D eigenvalue weighted by Crippen LogP contribution is 2.48. The summed E-state index contributed by atoms with van der Waals surface area (Å²) in [5.74, 6) is 0.872. The third kappa shape index (κ3) is 7.39. The first-order chi connectivity index (χ1) is 16.6. The number of aliphatic hydroxyl groups is 1. The molecular weight excluding hydrogens is 442 g/mol. The summed E-state index contributed by atoms with van der Waals surface area (Å²) >= 11 is 0. The normalized spacial score (nSPS) is 39.1. The van der Waals surface area contributed by atoms with Gasteiger partial charge >= 0.3 is 5.97 Å². The lowest BCUT2D eigenvalue weighted by Gasteiger charge is -2.37. The molecule has 3 N–H and O–H groups in total. The maximum atomic E-state index is 11.1. The van der Waals surface area contributed by atoms with Crippen molar-refractivity contribution in [3.8, 4) is 0 Å². The zero-order valence-corrected chi connectivity index (χ0v) is 22.2. The summed E-state index contributed by atoms with van der Waals surface area (Å²) in [6, 6.07) is -0.175. The van der Waals surface area contributed by atoms with E-state index in [0.29, 0.717) is 30.1 Å². The van der Waals surface area contributed by atoms with Gasteiger partial charge in [0.15, 0.2) is 0 Å². The fourth-order valence-electron chi connectivity index (χ4n) is 5.53. The third-order valence-electron chi connectivity index (χ3n) is 7.96. The van der Waals surface area contributed by atoms with E-state index in [4.69, 9.17) is 14.6 Å². The maximum Gasteiger partial charge on any atom is 0.305 e. The minimum absolute atomic E-state index is 0.0495. The highest BCUT2D eigenvalue weighted by Gasteiger charge is 2.43. The summed E-state index contributed by atoms with van der Waals surface area (Å²) in [5, 5.41) is 22.9. The van der Waals surface area contributed by atoms with Crippen molar-refractivity contribution in [1.29, 1.82) is 0 Å². The van der Waals surface area contributed by atoms with Gasteiger partial charge in [0, 0.05) is 6.04 Å². The number of carbonyl (C=O) groups is 1. The number of hydrogen-bond acceptors (Lipinski definition) is 5. The number of allylic oxidation sites excluding steroid dienone is 4. The van der Waals surface area contributed by atoms with Gasteiger partial charge in [-0.2, -0.15) is 0 Å². The van der Waals surface area contributed by atoms with Gasteiger partial charge in [-0.15, -0.1) is 0 Å². The number of aliphatic hydroxyl groups excluding tert-OH is 1. The zero-order chi connectivity index (χ0) is 25.7. The summed E-state index contributed by atoms with van der Waals surface area (Å²) in [6.45, 7) is 11.0. The molecule has 6 nitrogen and oxygen atoms in total. The minimum Gasteiger partial charge on any atom is -0.481 e. The Kier molecular flexibility index (Phi) is 9.94. The van der Waals surface area contributed by atoms with Crippen LogP contribution in [0.2, 0.25) is 0 Å². The Morgan fingerprint density at radius 3 is 2.63 bits per heavy atom. The van der Waals surface area contributed by atoms with Gasteiger partial charge < -0.3 is 25.0 Å². The second-order valence-corrected chi connectivity index (χ2v) is 10.7. The van der Waals surface area contributed by atoms with Crippen molar-refractivity contribution in [2.24, 2.45) is 23.7 Å². The number of carboxylic acid groups (broad SMARTS) is 1. The van der Waals surface area contributed by atoms with Crippen molar-refractivity contribution in [2.75, 3.05) is 7.05 Å². The van der Waals surface area contributed by atoms with Gasteiger partial charge in [0.25, 0.3) is 0 Å². The average molecular weight is 488 g/mol. The van der Waals surface area contributed by atoms with Crippen LogP contribution in [0.3, 0.4) is 0 Å². The molecular formula is C29H45NO5. The van der Waals surface area contributed by atoms with Crippen LogP contribution >= 0.6 is 0 Å².